The maximum absolute atomic E-state index is 13.6. The van der Waals surface area contributed by atoms with Crippen LogP contribution in [-0.2, 0) is 11.8 Å². The number of aromatic nitrogens is 4. The second-order valence-electron chi connectivity index (χ2n) is 8.83. The first-order chi connectivity index (χ1) is 18.0. The minimum atomic E-state index is -0.305. The standard InChI is InChI=1S/C28H24N8O/c1-18-11-10-12-20(17-18)26-33-34(3)27-23(19(2)31-36(26)27)30-24-25(29-21-13-6-4-7-14-21)32-35(28(24)37)22-15-8-5-9-16-22/h4-17H,1-3H3,(H,29,32). The molecule has 3 aromatic carbocycles. The van der Waals surface area contributed by atoms with Crippen molar-refractivity contribution in [3.05, 3.63) is 96.2 Å². The number of anilines is 1. The third kappa shape index (κ3) is 3.96. The number of hydrazine groups is 1. The molecular formula is C28H24N8O. The van der Waals surface area contributed by atoms with Gasteiger partial charge in [0.1, 0.15) is 5.69 Å². The van der Waals surface area contributed by atoms with E-state index in [1.165, 1.54) is 5.01 Å². The van der Waals surface area contributed by atoms with E-state index >= 15 is 0 Å². The van der Waals surface area contributed by atoms with Gasteiger partial charge in [0.25, 0.3) is 5.91 Å². The first-order valence-corrected chi connectivity index (χ1v) is 11.9. The number of fused-ring (bicyclic) bond motifs is 1. The molecule has 182 valence electrons. The summed E-state index contributed by atoms with van der Waals surface area (Å²) in [7, 11) is 1.85. The molecule has 1 amide bonds. The molecule has 2 aromatic heterocycles. The highest BCUT2D eigenvalue weighted by Crippen LogP contribution is 2.30. The average Bonchev–Trinajstić information content (AvgIpc) is 3.51. The van der Waals surface area contributed by atoms with Crippen LogP contribution in [0, 0.1) is 13.8 Å². The molecule has 3 heterocycles. The quantitative estimate of drug-likeness (QED) is 0.397. The molecule has 1 aliphatic heterocycles. The molecule has 1 fully saturated rings. The fourth-order valence-corrected chi connectivity index (χ4v) is 4.37. The van der Waals surface area contributed by atoms with Crippen molar-refractivity contribution >= 4 is 40.2 Å². The highest BCUT2D eigenvalue weighted by atomic mass is 16.2. The van der Waals surface area contributed by atoms with E-state index in [9.17, 15) is 4.79 Å². The molecule has 9 nitrogen and oxygen atoms in total. The van der Waals surface area contributed by atoms with E-state index in [-0.39, 0.29) is 11.6 Å². The van der Waals surface area contributed by atoms with E-state index in [1.807, 2.05) is 99.8 Å². The predicted octanol–water partition coefficient (Wildman–Crippen LogP) is 4.71. The molecule has 9 heteroatoms. The Balaban J connectivity index is 1.51. The smallest absolute Gasteiger partial charge is 0.272 e. The third-order valence-corrected chi connectivity index (χ3v) is 6.12. The fraction of sp³-hybridized carbons (Fsp3) is 0.107. The van der Waals surface area contributed by atoms with Crippen LogP contribution >= 0.6 is 0 Å². The summed E-state index contributed by atoms with van der Waals surface area (Å²) in [6.07, 6.45) is 0. The molecule has 1 N–H and O–H groups in total. The number of aliphatic imine (C=N–C) groups is 2. The third-order valence-electron chi connectivity index (χ3n) is 6.12. The van der Waals surface area contributed by atoms with E-state index in [2.05, 4.69) is 11.5 Å². The first-order valence-electron chi connectivity index (χ1n) is 11.9. The highest BCUT2D eigenvalue weighted by molar-refractivity contribution is 6.72. The van der Waals surface area contributed by atoms with Gasteiger partial charge in [-0.25, -0.2) is 19.7 Å². The molecule has 1 saturated heterocycles. The monoisotopic (exact) mass is 488 g/mol. The van der Waals surface area contributed by atoms with E-state index in [0.717, 1.165) is 11.1 Å². The molecule has 5 aromatic rings. The molecular weight excluding hydrogens is 464 g/mol. The Morgan fingerprint density at radius 1 is 0.838 bits per heavy atom. The van der Waals surface area contributed by atoms with Gasteiger partial charge >= 0.3 is 0 Å². The number of rotatable bonds is 4. The topological polar surface area (TPSA) is 92.2 Å². The summed E-state index contributed by atoms with van der Waals surface area (Å²) in [6, 6.07) is 26.9. The molecule has 1 aliphatic rings. The normalized spacial score (nSPS) is 15.8. The van der Waals surface area contributed by atoms with Gasteiger partial charge in [-0.05, 0) is 44.2 Å². The minimum absolute atomic E-state index is 0.198. The number of nitrogens with one attached hydrogen (secondary N) is 1. The second kappa shape index (κ2) is 8.87. The van der Waals surface area contributed by atoms with Gasteiger partial charge < -0.3 is 0 Å². The van der Waals surface area contributed by atoms with Crippen molar-refractivity contribution in [2.45, 2.75) is 13.8 Å². The Morgan fingerprint density at radius 2 is 1.57 bits per heavy atom. The lowest BCUT2D eigenvalue weighted by atomic mass is 10.1. The van der Waals surface area contributed by atoms with Crippen molar-refractivity contribution in [1.29, 1.82) is 0 Å². The highest BCUT2D eigenvalue weighted by Gasteiger charge is 2.35. The summed E-state index contributed by atoms with van der Waals surface area (Å²) < 4.78 is 3.52. The number of nitrogens with zero attached hydrogens (tertiary/aromatic N) is 7. The van der Waals surface area contributed by atoms with Crippen LogP contribution in [0.1, 0.15) is 11.3 Å². The molecule has 0 atom stereocenters. The van der Waals surface area contributed by atoms with Crippen molar-refractivity contribution in [3.8, 4) is 11.4 Å². The SMILES string of the molecule is Cc1cccc(-c2nn(C)c3c(N=C4C(=O)N(c5ccccc5)NC4=Nc4ccccc4)c(C)nn23)c1. The van der Waals surface area contributed by atoms with Crippen molar-refractivity contribution in [1.82, 2.24) is 24.8 Å². The molecule has 0 radical (unpaired) electrons. The number of amidine groups is 1. The maximum atomic E-state index is 13.6. The Morgan fingerprint density at radius 3 is 2.30 bits per heavy atom. The Labute approximate surface area is 213 Å². The molecule has 6 rings (SSSR count). The lowest BCUT2D eigenvalue weighted by Crippen LogP contribution is -2.35. The number of para-hydroxylation sites is 2. The number of carbonyl (C=O) groups is 1. The summed E-state index contributed by atoms with van der Waals surface area (Å²) in [5.41, 5.74) is 8.75. The van der Waals surface area contributed by atoms with Gasteiger partial charge in [-0.1, -0.05) is 60.2 Å². The average molecular weight is 489 g/mol. The van der Waals surface area contributed by atoms with Crippen LogP contribution in [0.3, 0.4) is 0 Å². The van der Waals surface area contributed by atoms with Gasteiger partial charge in [-0.3, -0.25) is 10.2 Å². The van der Waals surface area contributed by atoms with Crippen LogP contribution in [0.15, 0.2) is 94.9 Å². The number of benzene rings is 3. The largest absolute Gasteiger partial charge is 0.299 e. The summed E-state index contributed by atoms with van der Waals surface area (Å²) in [5.74, 6) is 0.760. The van der Waals surface area contributed by atoms with E-state index < -0.39 is 0 Å². The predicted molar refractivity (Wildman–Crippen MR) is 145 cm³/mol. The Hall–Kier alpha value is -5.05. The van der Waals surface area contributed by atoms with Gasteiger partial charge in [0, 0.05) is 12.6 Å². The van der Waals surface area contributed by atoms with E-state index in [1.54, 1.807) is 9.20 Å². The molecule has 0 bridgehead atoms. The maximum Gasteiger partial charge on any atom is 0.299 e. The van der Waals surface area contributed by atoms with Gasteiger partial charge in [-0.2, -0.15) is 14.7 Å². The van der Waals surface area contributed by atoms with Crippen molar-refractivity contribution in [2.75, 3.05) is 5.01 Å². The van der Waals surface area contributed by atoms with Gasteiger partial charge in [-0.15, -0.1) is 0 Å². The van der Waals surface area contributed by atoms with Crippen molar-refractivity contribution < 1.29 is 4.79 Å². The number of hydrogen-bond donors (Lipinski definition) is 1. The fourth-order valence-electron chi connectivity index (χ4n) is 4.37. The zero-order valence-corrected chi connectivity index (χ0v) is 20.6. The van der Waals surface area contributed by atoms with Crippen LogP contribution in [0.4, 0.5) is 17.1 Å². The van der Waals surface area contributed by atoms with Gasteiger partial charge in [0.15, 0.2) is 23.0 Å². The Bertz CT molecular complexity index is 1700. The molecule has 0 saturated carbocycles. The lowest BCUT2D eigenvalue weighted by molar-refractivity contribution is -0.112. The molecule has 0 aliphatic carbocycles. The number of hydrogen-bond acceptors (Lipinski definition) is 5. The first kappa shape index (κ1) is 22.4. The van der Waals surface area contributed by atoms with Crippen LogP contribution in [0.25, 0.3) is 17.0 Å². The molecule has 0 spiro atoms. The molecule has 0 unspecified atom stereocenters. The summed E-state index contributed by atoms with van der Waals surface area (Å²) in [6.45, 7) is 3.92. The van der Waals surface area contributed by atoms with E-state index in [4.69, 9.17) is 20.2 Å². The van der Waals surface area contributed by atoms with Crippen LogP contribution < -0.4 is 10.4 Å². The summed E-state index contributed by atoms with van der Waals surface area (Å²) >= 11 is 0. The van der Waals surface area contributed by atoms with Crippen LogP contribution in [0.2, 0.25) is 0 Å². The van der Waals surface area contributed by atoms with E-state index in [0.29, 0.717) is 40.1 Å². The van der Waals surface area contributed by atoms with Crippen molar-refractivity contribution in [2.24, 2.45) is 17.0 Å². The zero-order chi connectivity index (χ0) is 25.5. The zero-order valence-electron chi connectivity index (χ0n) is 20.6. The van der Waals surface area contributed by atoms with Crippen LogP contribution in [-0.4, -0.2) is 36.8 Å². The second-order valence-corrected chi connectivity index (χ2v) is 8.83. The summed E-state index contributed by atoms with van der Waals surface area (Å²) in [5, 5.41) is 10.9. The molecule has 37 heavy (non-hydrogen) atoms. The Kier molecular flexibility index (Phi) is 5.37. The van der Waals surface area contributed by atoms with Gasteiger partial charge in [0.2, 0.25) is 0 Å². The number of amides is 1. The lowest BCUT2D eigenvalue weighted by Gasteiger charge is -2.14. The number of carbonyl (C=O) groups excluding carboxylic acids is 1. The van der Waals surface area contributed by atoms with Crippen molar-refractivity contribution in [3.63, 3.8) is 0 Å². The number of aryl methyl sites for hydroxylation is 3. The van der Waals surface area contributed by atoms with Gasteiger partial charge in [0.05, 0.1) is 17.1 Å². The minimum Gasteiger partial charge on any atom is -0.272 e. The summed E-state index contributed by atoms with van der Waals surface area (Å²) in [4.78, 5) is 23.2. The van der Waals surface area contributed by atoms with Crippen LogP contribution in [0.5, 0.6) is 0 Å².